The summed E-state index contributed by atoms with van der Waals surface area (Å²) < 4.78 is 53.8. The van der Waals surface area contributed by atoms with Gasteiger partial charge in [-0.2, -0.15) is 13.2 Å². The fourth-order valence-corrected chi connectivity index (χ4v) is 4.06. The number of carbonyl (C=O) groups is 1. The maximum absolute atomic E-state index is 13.9. The van der Waals surface area contributed by atoms with E-state index in [2.05, 4.69) is 9.97 Å². The third-order valence-corrected chi connectivity index (χ3v) is 5.52. The lowest BCUT2D eigenvalue weighted by molar-refractivity contribution is -0.138. The van der Waals surface area contributed by atoms with Crippen LogP contribution in [0.2, 0.25) is 0 Å². The fourth-order valence-electron chi connectivity index (χ4n) is 4.06. The summed E-state index contributed by atoms with van der Waals surface area (Å²) in [4.78, 5) is 20.7. The van der Waals surface area contributed by atoms with Crippen LogP contribution < -0.4 is 4.90 Å². The van der Waals surface area contributed by atoms with Gasteiger partial charge in [0, 0.05) is 42.1 Å². The van der Waals surface area contributed by atoms with Gasteiger partial charge >= 0.3 is 12.1 Å². The van der Waals surface area contributed by atoms with Crippen LogP contribution in [0.5, 0.6) is 0 Å². The lowest BCUT2D eigenvalue weighted by Crippen LogP contribution is -2.38. The van der Waals surface area contributed by atoms with Crippen LogP contribution in [-0.4, -0.2) is 38.7 Å². The van der Waals surface area contributed by atoms with E-state index in [1.54, 1.807) is 22.6 Å². The van der Waals surface area contributed by atoms with Crippen molar-refractivity contribution in [2.45, 2.75) is 38.0 Å². The van der Waals surface area contributed by atoms with E-state index in [0.29, 0.717) is 30.2 Å². The minimum Gasteiger partial charge on any atom is -0.480 e. The zero-order valence-corrected chi connectivity index (χ0v) is 15.9. The molecule has 1 N–H and O–H groups in total. The van der Waals surface area contributed by atoms with Crippen molar-refractivity contribution in [3.05, 3.63) is 53.2 Å². The van der Waals surface area contributed by atoms with Crippen LogP contribution in [0.4, 0.5) is 23.5 Å². The molecule has 10 heteroatoms. The molecule has 1 atom stereocenters. The number of carboxylic acids is 1. The molecule has 0 saturated carbocycles. The van der Waals surface area contributed by atoms with Gasteiger partial charge in [-0.25, -0.2) is 14.4 Å². The van der Waals surface area contributed by atoms with E-state index in [4.69, 9.17) is 0 Å². The van der Waals surface area contributed by atoms with Crippen molar-refractivity contribution in [1.29, 1.82) is 0 Å². The number of halogens is 4. The number of aromatic nitrogens is 3. The monoisotopic (exact) mass is 422 g/mol. The molecule has 158 valence electrons. The minimum absolute atomic E-state index is 0.124. The number of alkyl halides is 3. The number of nitrogens with zero attached hydrogens (tertiary/aromatic N) is 4. The molecule has 0 aliphatic heterocycles. The molecule has 6 nitrogen and oxygen atoms in total. The van der Waals surface area contributed by atoms with Gasteiger partial charge in [-0.15, -0.1) is 0 Å². The van der Waals surface area contributed by atoms with Crippen LogP contribution in [0.25, 0.3) is 10.9 Å². The van der Waals surface area contributed by atoms with Gasteiger partial charge in [0.1, 0.15) is 12.4 Å². The van der Waals surface area contributed by atoms with Crippen LogP contribution in [0.3, 0.4) is 0 Å². The second kappa shape index (κ2) is 7.26. The third-order valence-electron chi connectivity index (χ3n) is 5.52. The summed E-state index contributed by atoms with van der Waals surface area (Å²) >= 11 is 0. The van der Waals surface area contributed by atoms with Gasteiger partial charge in [0.25, 0.3) is 0 Å². The van der Waals surface area contributed by atoms with Gasteiger partial charge in [-0.3, -0.25) is 4.79 Å². The number of rotatable bonds is 4. The summed E-state index contributed by atoms with van der Waals surface area (Å²) in [5.41, 5.74) is 1.42. The molecule has 3 aromatic rings. The Morgan fingerprint density at radius 1 is 1.30 bits per heavy atom. The zero-order valence-electron chi connectivity index (χ0n) is 15.9. The fraction of sp³-hybridized carbons (Fsp3) is 0.350. The molecule has 0 bridgehead atoms. The maximum Gasteiger partial charge on any atom is 0.419 e. The van der Waals surface area contributed by atoms with E-state index in [1.165, 1.54) is 12.1 Å². The van der Waals surface area contributed by atoms with Crippen molar-refractivity contribution in [2.24, 2.45) is 0 Å². The van der Waals surface area contributed by atoms with Crippen molar-refractivity contribution >= 4 is 22.8 Å². The minimum atomic E-state index is -4.51. The molecule has 0 fully saturated rings. The predicted molar refractivity (Wildman–Crippen MR) is 101 cm³/mol. The molecule has 1 aliphatic carbocycles. The lowest BCUT2D eigenvalue weighted by atomic mass is 9.90. The molecule has 0 spiro atoms. The molecule has 0 radical (unpaired) electrons. The zero-order chi connectivity index (χ0) is 21.6. The van der Waals surface area contributed by atoms with Crippen LogP contribution in [0.1, 0.15) is 23.2 Å². The number of aliphatic carboxylic acids is 1. The highest BCUT2D eigenvalue weighted by atomic mass is 19.4. The average molecular weight is 422 g/mol. The molecule has 2 heterocycles. The second-order valence-electron chi connectivity index (χ2n) is 7.34. The van der Waals surface area contributed by atoms with E-state index in [-0.39, 0.29) is 18.5 Å². The normalized spacial score (nSPS) is 16.5. The molecule has 0 amide bonds. The van der Waals surface area contributed by atoms with Gasteiger partial charge in [0.2, 0.25) is 5.95 Å². The summed E-state index contributed by atoms with van der Waals surface area (Å²) in [7, 11) is 1.70. The highest BCUT2D eigenvalue weighted by Gasteiger charge is 2.33. The summed E-state index contributed by atoms with van der Waals surface area (Å²) in [6.07, 6.45) is -1.35. The first-order valence-electron chi connectivity index (χ1n) is 9.28. The highest BCUT2D eigenvalue weighted by molar-refractivity contribution is 5.87. The van der Waals surface area contributed by atoms with E-state index < -0.39 is 23.5 Å². The first kappa shape index (κ1) is 20.1. The Labute approximate surface area is 168 Å². The highest BCUT2D eigenvalue weighted by Crippen LogP contribution is 2.35. The number of likely N-dealkylation sites (N-methyl/N-ethyl adjacent to an activating group) is 1. The molecule has 1 aromatic carbocycles. The largest absolute Gasteiger partial charge is 0.480 e. The third kappa shape index (κ3) is 3.57. The Morgan fingerprint density at radius 3 is 2.63 bits per heavy atom. The molecule has 0 unspecified atom stereocenters. The molecule has 2 aromatic heterocycles. The molecule has 4 rings (SSSR count). The van der Waals surface area contributed by atoms with Crippen molar-refractivity contribution in [3.8, 4) is 0 Å². The van der Waals surface area contributed by atoms with Crippen molar-refractivity contribution in [3.63, 3.8) is 0 Å². The smallest absolute Gasteiger partial charge is 0.419 e. The maximum atomic E-state index is 13.9. The summed E-state index contributed by atoms with van der Waals surface area (Å²) in [5, 5.41) is 9.92. The van der Waals surface area contributed by atoms with Crippen molar-refractivity contribution in [2.75, 3.05) is 11.9 Å². The Morgan fingerprint density at radius 2 is 2.00 bits per heavy atom. The lowest BCUT2D eigenvalue weighted by Gasteiger charge is -2.32. The standard InChI is InChI=1S/C20H18F4N4O2/c1-27(19-25-8-11(9-26-19)20(22,23)24)13-3-5-17-15(7-13)14-6-12(21)2-4-16(14)28(17)10-18(29)30/h2,4,6,8-9,13H,3,5,7,10H2,1H3,(H,29,30)/t13-/m1/s1. The average Bonchev–Trinajstić information content (AvgIpc) is 2.99. The van der Waals surface area contributed by atoms with Crippen molar-refractivity contribution in [1.82, 2.24) is 14.5 Å². The number of hydrogen-bond donors (Lipinski definition) is 1. The van der Waals surface area contributed by atoms with Gasteiger partial charge < -0.3 is 14.6 Å². The first-order valence-corrected chi connectivity index (χ1v) is 9.28. The number of hydrogen-bond acceptors (Lipinski definition) is 4. The molecular weight excluding hydrogens is 404 g/mol. The Kier molecular flexibility index (Phi) is 4.87. The summed E-state index contributed by atoms with van der Waals surface area (Å²) in [6.45, 7) is -0.222. The van der Waals surface area contributed by atoms with Crippen LogP contribution in [0.15, 0.2) is 30.6 Å². The topological polar surface area (TPSA) is 71.2 Å². The number of anilines is 1. The van der Waals surface area contributed by atoms with E-state index in [0.717, 1.165) is 23.7 Å². The Hall–Kier alpha value is -3.17. The van der Waals surface area contributed by atoms with E-state index >= 15 is 0 Å². The van der Waals surface area contributed by atoms with E-state index in [1.807, 2.05) is 0 Å². The molecule has 0 saturated heterocycles. The van der Waals surface area contributed by atoms with E-state index in [9.17, 15) is 27.5 Å². The van der Waals surface area contributed by atoms with Gasteiger partial charge in [0.15, 0.2) is 0 Å². The molecule has 30 heavy (non-hydrogen) atoms. The van der Waals surface area contributed by atoms with Gasteiger partial charge in [0.05, 0.1) is 5.56 Å². The van der Waals surface area contributed by atoms with Crippen LogP contribution in [-0.2, 0) is 30.4 Å². The second-order valence-corrected chi connectivity index (χ2v) is 7.34. The van der Waals surface area contributed by atoms with Crippen LogP contribution >= 0.6 is 0 Å². The predicted octanol–water partition coefficient (Wildman–Crippen LogP) is 3.67. The molecular formula is C20H18F4N4O2. The Balaban J connectivity index is 1.67. The number of benzene rings is 1. The first-order chi connectivity index (χ1) is 14.1. The van der Waals surface area contributed by atoms with Crippen molar-refractivity contribution < 1.29 is 27.5 Å². The summed E-state index contributed by atoms with van der Waals surface area (Å²) in [6, 6.07) is 4.14. The Bertz CT molecular complexity index is 1110. The summed E-state index contributed by atoms with van der Waals surface area (Å²) in [5.74, 6) is -1.24. The molecule has 1 aliphatic rings. The number of fused-ring (bicyclic) bond motifs is 3. The van der Waals surface area contributed by atoms with Gasteiger partial charge in [-0.1, -0.05) is 0 Å². The number of carboxylic acid groups (broad SMARTS) is 1. The van der Waals surface area contributed by atoms with Crippen LogP contribution in [0, 0.1) is 5.82 Å². The SMILES string of the molecule is CN(c1ncc(C(F)(F)F)cn1)[C@@H]1CCc2c(c3cc(F)ccc3n2CC(=O)O)C1. The van der Waals surface area contributed by atoms with Gasteiger partial charge in [-0.05, 0) is 43.0 Å². The quantitative estimate of drug-likeness (QED) is 0.650.